The molecule has 0 heteroatoms. The van der Waals surface area contributed by atoms with Gasteiger partial charge < -0.3 is 0 Å². The zero-order valence-electron chi connectivity index (χ0n) is 11.6. The zero-order chi connectivity index (χ0) is 12.4. The van der Waals surface area contributed by atoms with Gasteiger partial charge in [0, 0.05) is 0 Å². The summed E-state index contributed by atoms with van der Waals surface area (Å²) in [5.41, 5.74) is 4.32. The molecule has 0 saturated carbocycles. The van der Waals surface area contributed by atoms with Gasteiger partial charge in [0.25, 0.3) is 0 Å². The third-order valence-corrected chi connectivity index (χ3v) is 2.73. The Hall–Kier alpha value is -0.780. The standard InChI is InChI=1S/C16H28/c1-6-7-10-15(4)12-13-16(5)11-8-9-14(2)3/h10,13H,2,6-9,11-12H2,1,3-5H3. The van der Waals surface area contributed by atoms with Crippen LogP contribution in [0.4, 0.5) is 0 Å². The normalized spacial score (nSPS) is 13.0. The minimum atomic E-state index is 1.12. The quantitative estimate of drug-likeness (QED) is 0.452. The first-order valence-electron chi connectivity index (χ1n) is 6.52. The number of unbranched alkanes of at least 4 members (excludes halogenated alkanes) is 1. The van der Waals surface area contributed by atoms with Gasteiger partial charge in [0.05, 0.1) is 0 Å². The molecule has 0 atom stereocenters. The van der Waals surface area contributed by atoms with E-state index in [4.69, 9.17) is 0 Å². The van der Waals surface area contributed by atoms with E-state index in [2.05, 4.69) is 46.4 Å². The van der Waals surface area contributed by atoms with Crippen LogP contribution in [0.5, 0.6) is 0 Å². The number of hydrogen-bond donors (Lipinski definition) is 0. The summed E-state index contributed by atoms with van der Waals surface area (Å²) < 4.78 is 0. The van der Waals surface area contributed by atoms with Gasteiger partial charge in [-0.25, -0.2) is 0 Å². The maximum absolute atomic E-state index is 3.93. The Morgan fingerprint density at radius 3 is 2.25 bits per heavy atom. The van der Waals surface area contributed by atoms with E-state index in [0.717, 1.165) is 12.8 Å². The van der Waals surface area contributed by atoms with Crippen LogP contribution in [-0.4, -0.2) is 0 Å². The van der Waals surface area contributed by atoms with E-state index in [1.54, 1.807) is 0 Å². The zero-order valence-corrected chi connectivity index (χ0v) is 11.6. The molecule has 0 rings (SSSR count). The van der Waals surface area contributed by atoms with Crippen LogP contribution in [0.15, 0.2) is 35.5 Å². The van der Waals surface area contributed by atoms with E-state index in [0.29, 0.717) is 0 Å². The van der Waals surface area contributed by atoms with E-state index < -0.39 is 0 Å². The maximum Gasteiger partial charge on any atom is -0.0139 e. The van der Waals surface area contributed by atoms with E-state index >= 15 is 0 Å². The number of allylic oxidation sites excluding steroid dienone is 5. The highest BCUT2D eigenvalue weighted by atomic mass is 14.0. The summed E-state index contributed by atoms with van der Waals surface area (Å²) in [4.78, 5) is 0. The molecule has 0 aliphatic heterocycles. The molecule has 92 valence electrons. The summed E-state index contributed by atoms with van der Waals surface area (Å²) in [6.07, 6.45) is 11.9. The third-order valence-electron chi connectivity index (χ3n) is 2.73. The largest absolute Gasteiger partial charge is 0.100 e. The topological polar surface area (TPSA) is 0 Å². The fourth-order valence-corrected chi connectivity index (χ4v) is 1.58. The van der Waals surface area contributed by atoms with Crippen LogP contribution < -0.4 is 0 Å². The summed E-state index contributed by atoms with van der Waals surface area (Å²) in [5.74, 6) is 0. The Morgan fingerprint density at radius 1 is 1.00 bits per heavy atom. The lowest BCUT2D eigenvalue weighted by molar-refractivity contribution is 0.802. The predicted molar refractivity (Wildman–Crippen MR) is 75.7 cm³/mol. The highest BCUT2D eigenvalue weighted by molar-refractivity contribution is 5.09. The van der Waals surface area contributed by atoms with Crippen molar-refractivity contribution >= 4 is 0 Å². The molecule has 0 N–H and O–H groups in total. The van der Waals surface area contributed by atoms with Crippen molar-refractivity contribution < 1.29 is 0 Å². The maximum atomic E-state index is 3.93. The van der Waals surface area contributed by atoms with Gasteiger partial charge in [-0.1, -0.05) is 42.2 Å². The highest BCUT2D eigenvalue weighted by Gasteiger charge is 1.93. The van der Waals surface area contributed by atoms with Crippen LogP contribution in [0, 0.1) is 0 Å². The first kappa shape index (κ1) is 15.2. The number of rotatable bonds is 8. The van der Waals surface area contributed by atoms with Crippen LogP contribution in [-0.2, 0) is 0 Å². The molecule has 0 radical (unpaired) electrons. The first-order chi connectivity index (χ1) is 7.56. The van der Waals surface area contributed by atoms with Crippen LogP contribution in [0.1, 0.15) is 66.2 Å². The van der Waals surface area contributed by atoms with Gasteiger partial charge in [0.2, 0.25) is 0 Å². The van der Waals surface area contributed by atoms with Gasteiger partial charge >= 0.3 is 0 Å². The van der Waals surface area contributed by atoms with Gasteiger partial charge in [-0.05, 0) is 52.9 Å². The van der Waals surface area contributed by atoms with Crippen molar-refractivity contribution in [2.24, 2.45) is 0 Å². The molecule has 0 aliphatic carbocycles. The van der Waals surface area contributed by atoms with Crippen LogP contribution in [0.3, 0.4) is 0 Å². The van der Waals surface area contributed by atoms with E-state index in [1.807, 2.05) is 0 Å². The molecule has 0 unspecified atom stereocenters. The summed E-state index contributed by atoms with van der Waals surface area (Å²) >= 11 is 0. The summed E-state index contributed by atoms with van der Waals surface area (Å²) in [6, 6.07) is 0. The molecule has 0 nitrogen and oxygen atoms in total. The summed E-state index contributed by atoms with van der Waals surface area (Å²) in [6.45, 7) is 12.7. The second kappa shape index (κ2) is 9.45. The second-order valence-electron chi connectivity index (χ2n) is 4.90. The molecule has 0 spiro atoms. The van der Waals surface area contributed by atoms with Crippen molar-refractivity contribution in [3.05, 3.63) is 35.5 Å². The van der Waals surface area contributed by atoms with E-state index in [-0.39, 0.29) is 0 Å². The Morgan fingerprint density at radius 2 is 1.69 bits per heavy atom. The molecular weight excluding hydrogens is 192 g/mol. The smallest absolute Gasteiger partial charge is 0.0139 e. The van der Waals surface area contributed by atoms with Gasteiger partial charge in [-0.15, -0.1) is 6.58 Å². The van der Waals surface area contributed by atoms with Crippen molar-refractivity contribution in [3.63, 3.8) is 0 Å². The van der Waals surface area contributed by atoms with Gasteiger partial charge in [-0.2, -0.15) is 0 Å². The Kier molecular flexibility index (Phi) is 8.99. The Balaban J connectivity index is 3.81. The molecule has 0 aromatic heterocycles. The Labute approximate surface area is 102 Å². The van der Waals surface area contributed by atoms with Crippen molar-refractivity contribution in [1.82, 2.24) is 0 Å². The van der Waals surface area contributed by atoms with E-state index in [1.165, 1.54) is 42.4 Å². The molecule has 0 aromatic carbocycles. The Bertz CT molecular complexity index is 253. The predicted octanol–water partition coefficient (Wildman–Crippen LogP) is 5.82. The monoisotopic (exact) mass is 220 g/mol. The molecule has 0 bridgehead atoms. The summed E-state index contributed by atoms with van der Waals surface area (Å²) in [7, 11) is 0. The molecule has 0 heterocycles. The average molecular weight is 220 g/mol. The fourth-order valence-electron chi connectivity index (χ4n) is 1.58. The van der Waals surface area contributed by atoms with Crippen molar-refractivity contribution in [2.75, 3.05) is 0 Å². The number of hydrogen-bond acceptors (Lipinski definition) is 0. The molecule has 0 aliphatic rings. The summed E-state index contributed by atoms with van der Waals surface area (Å²) in [5, 5.41) is 0. The van der Waals surface area contributed by atoms with Crippen molar-refractivity contribution in [1.29, 1.82) is 0 Å². The van der Waals surface area contributed by atoms with Crippen molar-refractivity contribution in [3.8, 4) is 0 Å². The third kappa shape index (κ3) is 9.76. The van der Waals surface area contributed by atoms with E-state index in [9.17, 15) is 0 Å². The molecular formula is C16H28. The molecule has 0 amide bonds. The second-order valence-corrected chi connectivity index (χ2v) is 4.90. The SMILES string of the molecule is C=C(C)CCCC(C)=CCC(C)=CCCC. The minimum Gasteiger partial charge on any atom is -0.100 e. The molecule has 0 aromatic rings. The van der Waals surface area contributed by atoms with Gasteiger partial charge in [0.15, 0.2) is 0 Å². The molecule has 0 fully saturated rings. The minimum absolute atomic E-state index is 1.12. The average Bonchev–Trinajstić information content (AvgIpc) is 2.23. The fraction of sp³-hybridized carbons (Fsp3) is 0.625. The lowest BCUT2D eigenvalue weighted by Gasteiger charge is -2.02. The van der Waals surface area contributed by atoms with Crippen molar-refractivity contribution in [2.45, 2.75) is 66.2 Å². The highest BCUT2D eigenvalue weighted by Crippen LogP contribution is 2.13. The van der Waals surface area contributed by atoms with Gasteiger partial charge in [-0.3, -0.25) is 0 Å². The molecule has 0 saturated heterocycles. The van der Waals surface area contributed by atoms with Crippen LogP contribution in [0.25, 0.3) is 0 Å². The molecule has 16 heavy (non-hydrogen) atoms. The lowest BCUT2D eigenvalue weighted by Crippen LogP contribution is -1.82. The van der Waals surface area contributed by atoms with Crippen LogP contribution >= 0.6 is 0 Å². The first-order valence-corrected chi connectivity index (χ1v) is 6.52. The lowest BCUT2D eigenvalue weighted by atomic mass is 10.0. The van der Waals surface area contributed by atoms with Gasteiger partial charge in [0.1, 0.15) is 0 Å². The van der Waals surface area contributed by atoms with Crippen LogP contribution in [0.2, 0.25) is 0 Å².